The molecule has 0 aliphatic carbocycles. The van der Waals surface area contributed by atoms with Gasteiger partial charge in [-0.2, -0.15) is 0 Å². The van der Waals surface area contributed by atoms with Gasteiger partial charge in [-0.05, 0) is 99.4 Å². The second-order valence-electron chi connectivity index (χ2n) is 14.1. The Balaban J connectivity index is 1.05. The summed E-state index contributed by atoms with van der Waals surface area (Å²) in [7, 11) is 0. The SMILES string of the molecule is c1ccc(-c2ccc(N(c3ccc(-c4ccccc4)cc3)c3ccc(-c4cccc5sc6ccc7ccc8oc9ccccc9c8c7c6c45)cc3)cc2)cc1. The molecule has 0 unspecified atom stereocenters. The van der Waals surface area contributed by atoms with Gasteiger partial charge in [0.15, 0.2) is 0 Å². The highest BCUT2D eigenvalue weighted by atomic mass is 32.1. The molecule has 0 amide bonds. The van der Waals surface area contributed by atoms with Gasteiger partial charge < -0.3 is 9.32 Å². The van der Waals surface area contributed by atoms with Crippen molar-refractivity contribution in [1.82, 2.24) is 0 Å². The summed E-state index contributed by atoms with van der Waals surface area (Å²) in [4.78, 5) is 2.35. The average Bonchev–Trinajstić information content (AvgIpc) is 3.84. The van der Waals surface area contributed by atoms with E-state index in [0.29, 0.717) is 0 Å². The first-order valence-corrected chi connectivity index (χ1v) is 19.5. The van der Waals surface area contributed by atoms with Gasteiger partial charge in [0.25, 0.3) is 0 Å². The number of thiophene rings is 1. The summed E-state index contributed by atoms with van der Waals surface area (Å²) in [6.07, 6.45) is 0. The summed E-state index contributed by atoms with van der Waals surface area (Å²) in [6, 6.07) is 72.0. The molecule has 0 aliphatic heterocycles. The number of benzene rings is 9. The van der Waals surface area contributed by atoms with E-state index in [4.69, 9.17) is 4.42 Å². The minimum absolute atomic E-state index is 0.923. The number of hydrogen-bond donors (Lipinski definition) is 0. The molecule has 0 bridgehead atoms. The minimum atomic E-state index is 0.923. The summed E-state index contributed by atoms with van der Waals surface area (Å²) in [6.45, 7) is 0. The second-order valence-corrected chi connectivity index (χ2v) is 15.1. The average molecular weight is 720 g/mol. The fourth-order valence-corrected chi connectivity index (χ4v) is 9.42. The molecule has 0 N–H and O–H groups in total. The van der Waals surface area contributed by atoms with E-state index in [2.05, 4.69) is 199 Å². The summed E-state index contributed by atoms with van der Waals surface area (Å²) in [5.41, 5.74) is 12.4. The predicted molar refractivity (Wildman–Crippen MR) is 235 cm³/mol. The number of hydrogen-bond acceptors (Lipinski definition) is 3. The molecule has 2 heterocycles. The van der Waals surface area contributed by atoms with Gasteiger partial charge in [-0.25, -0.2) is 0 Å². The van der Waals surface area contributed by atoms with Gasteiger partial charge in [0.1, 0.15) is 11.2 Å². The molecule has 9 aromatic carbocycles. The van der Waals surface area contributed by atoms with E-state index in [1.807, 2.05) is 17.4 Å². The molecule has 0 fully saturated rings. The van der Waals surface area contributed by atoms with Crippen LogP contribution in [0.25, 0.3) is 86.3 Å². The summed E-state index contributed by atoms with van der Waals surface area (Å²) in [5.74, 6) is 0. The molecular weight excluding hydrogens is 687 g/mol. The molecule has 0 radical (unpaired) electrons. The Morgan fingerprint density at radius 1 is 0.327 bits per heavy atom. The van der Waals surface area contributed by atoms with Crippen LogP contribution in [-0.2, 0) is 0 Å². The Labute approximate surface area is 322 Å². The molecule has 0 aliphatic rings. The van der Waals surface area contributed by atoms with Crippen molar-refractivity contribution in [2.75, 3.05) is 4.90 Å². The first-order chi connectivity index (χ1) is 27.3. The number of para-hydroxylation sites is 1. The quantitative estimate of drug-likeness (QED) is 0.170. The van der Waals surface area contributed by atoms with E-state index in [1.165, 1.54) is 69.7 Å². The van der Waals surface area contributed by atoms with Gasteiger partial charge >= 0.3 is 0 Å². The van der Waals surface area contributed by atoms with E-state index in [1.54, 1.807) is 0 Å². The molecule has 2 aromatic heterocycles. The fourth-order valence-electron chi connectivity index (χ4n) is 8.28. The fraction of sp³-hybridized carbons (Fsp3) is 0. The zero-order chi connectivity index (χ0) is 36.3. The van der Waals surface area contributed by atoms with Crippen LogP contribution in [-0.4, -0.2) is 0 Å². The van der Waals surface area contributed by atoms with Gasteiger partial charge in [-0.1, -0.05) is 140 Å². The Morgan fingerprint density at radius 2 is 0.855 bits per heavy atom. The molecule has 258 valence electrons. The van der Waals surface area contributed by atoms with E-state index in [-0.39, 0.29) is 0 Å². The zero-order valence-electron chi connectivity index (χ0n) is 29.8. The largest absolute Gasteiger partial charge is 0.456 e. The van der Waals surface area contributed by atoms with Gasteiger partial charge in [0, 0.05) is 53.4 Å². The highest BCUT2D eigenvalue weighted by molar-refractivity contribution is 7.26. The Hall–Kier alpha value is -6.94. The van der Waals surface area contributed by atoms with Crippen LogP contribution in [0.1, 0.15) is 0 Å². The third-order valence-electron chi connectivity index (χ3n) is 10.9. The maximum absolute atomic E-state index is 6.38. The topological polar surface area (TPSA) is 16.4 Å². The molecule has 11 rings (SSSR count). The Morgan fingerprint density at radius 3 is 1.49 bits per heavy atom. The number of furan rings is 1. The lowest BCUT2D eigenvalue weighted by atomic mass is 9.94. The summed E-state index contributed by atoms with van der Waals surface area (Å²) >= 11 is 1.86. The molecule has 0 atom stereocenters. The maximum Gasteiger partial charge on any atom is 0.136 e. The van der Waals surface area contributed by atoms with Crippen molar-refractivity contribution in [1.29, 1.82) is 0 Å². The number of anilines is 3. The Bertz CT molecular complexity index is 3070. The third-order valence-corrected chi connectivity index (χ3v) is 12.0. The van der Waals surface area contributed by atoms with E-state index >= 15 is 0 Å². The molecule has 2 nitrogen and oxygen atoms in total. The van der Waals surface area contributed by atoms with Crippen molar-refractivity contribution < 1.29 is 4.42 Å². The lowest BCUT2D eigenvalue weighted by molar-refractivity contribution is 0.669. The van der Waals surface area contributed by atoms with E-state index in [9.17, 15) is 0 Å². The first-order valence-electron chi connectivity index (χ1n) is 18.7. The van der Waals surface area contributed by atoms with Gasteiger partial charge in [0.05, 0.1) is 0 Å². The third kappa shape index (κ3) is 5.32. The lowest BCUT2D eigenvalue weighted by Gasteiger charge is -2.26. The second kappa shape index (κ2) is 12.9. The van der Waals surface area contributed by atoms with Crippen LogP contribution in [0, 0.1) is 0 Å². The molecule has 0 spiro atoms. The van der Waals surface area contributed by atoms with Crippen LogP contribution in [0.4, 0.5) is 17.1 Å². The highest BCUT2D eigenvalue weighted by Gasteiger charge is 2.19. The smallest absolute Gasteiger partial charge is 0.136 e. The molecule has 0 saturated carbocycles. The zero-order valence-corrected chi connectivity index (χ0v) is 30.6. The van der Waals surface area contributed by atoms with Crippen molar-refractivity contribution in [3.63, 3.8) is 0 Å². The molecule has 55 heavy (non-hydrogen) atoms. The molecule has 0 saturated heterocycles. The van der Waals surface area contributed by atoms with Crippen molar-refractivity contribution in [3.05, 3.63) is 200 Å². The number of nitrogens with zero attached hydrogens (tertiary/aromatic N) is 1. The van der Waals surface area contributed by atoms with Crippen LogP contribution in [0.3, 0.4) is 0 Å². The highest BCUT2D eigenvalue weighted by Crippen LogP contribution is 2.47. The molecular formula is C52H33NOS. The number of fused-ring (bicyclic) bond motifs is 9. The Kier molecular flexibility index (Phi) is 7.39. The minimum Gasteiger partial charge on any atom is -0.456 e. The summed E-state index contributed by atoms with van der Waals surface area (Å²) in [5, 5.41) is 7.43. The van der Waals surface area contributed by atoms with Crippen molar-refractivity contribution in [2.24, 2.45) is 0 Å². The monoisotopic (exact) mass is 719 g/mol. The standard InChI is InChI=1S/C52H33NOS/c1-3-10-34(11-4-1)36-18-26-40(27-19-36)53(41-28-20-37(21-29-41)35-12-5-2-6-13-35)42-30-22-38(23-31-42)43-15-9-17-47-51(43)52-48(55-47)33-25-39-24-32-46-50(49(39)52)44-14-7-8-16-45(44)54-46/h1-33H. The summed E-state index contributed by atoms with van der Waals surface area (Å²) < 4.78 is 8.95. The number of rotatable bonds is 6. The van der Waals surface area contributed by atoms with Gasteiger partial charge in [-0.15, -0.1) is 11.3 Å². The maximum atomic E-state index is 6.38. The van der Waals surface area contributed by atoms with E-state index < -0.39 is 0 Å². The van der Waals surface area contributed by atoms with Crippen molar-refractivity contribution in [3.8, 4) is 33.4 Å². The van der Waals surface area contributed by atoms with Crippen molar-refractivity contribution >= 4 is 81.3 Å². The van der Waals surface area contributed by atoms with Crippen LogP contribution < -0.4 is 4.90 Å². The molecule has 3 heteroatoms. The van der Waals surface area contributed by atoms with Gasteiger partial charge in [-0.3, -0.25) is 0 Å². The molecule has 11 aromatic rings. The van der Waals surface area contributed by atoms with Crippen molar-refractivity contribution in [2.45, 2.75) is 0 Å². The van der Waals surface area contributed by atoms with Crippen LogP contribution in [0.15, 0.2) is 205 Å². The van der Waals surface area contributed by atoms with Crippen LogP contribution in [0.5, 0.6) is 0 Å². The lowest BCUT2D eigenvalue weighted by Crippen LogP contribution is -2.09. The van der Waals surface area contributed by atoms with Gasteiger partial charge in [0.2, 0.25) is 0 Å². The van der Waals surface area contributed by atoms with E-state index in [0.717, 1.165) is 33.6 Å². The normalized spacial score (nSPS) is 11.6. The van der Waals surface area contributed by atoms with Crippen LogP contribution >= 0.6 is 11.3 Å². The predicted octanol–water partition coefficient (Wildman–Crippen LogP) is 15.6. The van der Waals surface area contributed by atoms with Crippen LogP contribution in [0.2, 0.25) is 0 Å². The first kappa shape index (κ1) is 31.6.